The van der Waals surface area contributed by atoms with Gasteiger partial charge in [-0.2, -0.15) is 26.3 Å². The maximum atomic E-state index is 12.5. The molecule has 4 N–H and O–H groups in total. The van der Waals surface area contributed by atoms with Crippen molar-refractivity contribution in [1.29, 1.82) is 0 Å². The van der Waals surface area contributed by atoms with Crippen LogP contribution in [-0.2, 0) is 16.6 Å². The molecule has 1 aromatic carbocycles. The Hall–Kier alpha value is -5.48. The first-order valence-corrected chi connectivity index (χ1v) is 11.2. The zero-order valence-corrected chi connectivity index (χ0v) is 21.2. The van der Waals surface area contributed by atoms with Gasteiger partial charge in [-0.05, 0) is 30.3 Å². The van der Waals surface area contributed by atoms with Gasteiger partial charge in [0.1, 0.15) is 5.69 Å². The molecule has 0 aliphatic heterocycles. The van der Waals surface area contributed by atoms with Crippen molar-refractivity contribution in [2.45, 2.75) is 12.4 Å². The number of anilines is 3. The molecule has 3 heterocycles. The number of para-hydroxylation sites is 1. The van der Waals surface area contributed by atoms with Gasteiger partial charge in [0.05, 0.1) is 11.9 Å². The molecule has 0 aliphatic carbocycles. The van der Waals surface area contributed by atoms with Gasteiger partial charge in [-0.1, -0.05) is 18.2 Å². The highest BCUT2D eigenvalue weighted by molar-refractivity contribution is 6.04. The molecule has 0 atom stereocenters. The molecule has 0 saturated heterocycles. The Morgan fingerprint density at radius 2 is 1.31 bits per heavy atom. The number of rotatable bonds is 5. The number of nitrogens with one attached hydrogen (secondary N) is 2. The Balaban J connectivity index is 0.000000367. The highest BCUT2D eigenvalue weighted by Crippen LogP contribution is 2.22. The minimum Gasteiger partial charge on any atom is -0.475 e. The number of carbonyl (C=O) groups excluding carboxylic acids is 1. The number of benzene rings is 1. The number of aliphatic carboxylic acids is 2. The third-order valence-electron chi connectivity index (χ3n) is 4.66. The van der Waals surface area contributed by atoms with Crippen LogP contribution in [0.1, 0.15) is 10.5 Å². The molecule has 0 bridgehead atoms. The molecule has 1 amide bonds. The van der Waals surface area contributed by atoms with Gasteiger partial charge in [0.25, 0.3) is 5.91 Å². The molecular weight excluding hydrogens is 578 g/mol. The summed E-state index contributed by atoms with van der Waals surface area (Å²) >= 11 is 0. The monoisotopic (exact) mass is 598 g/mol. The number of alkyl halides is 6. The number of aromatic nitrogens is 4. The summed E-state index contributed by atoms with van der Waals surface area (Å²) in [5.74, 6) is -5.20. The van der Waals surface area contributed by atoms with E-state index in [0.717, 1.165) is 16.8 Å². The maximum Gasteiger partial charge on any atom is 0.490 e. The Labute approximate surface area is 232 Å². The third-order valence-corrected chi connectivity index (χ3v) is 4.66. The van der Waals surface area contributed by atoms with Crippen LogP contribution in [0.5, 0.6) is 0 Å². The highest BCUT2D eigenvalue weighted by atomic mass is 19.4. The molecular formula is C25H20F6N6O5. The predicted octanol–water partition coefficient (Wildman–Crippen LogP) is 5.14. The van der Waals surface area contributed by atoms with Crippen molar-refractivity contribution in [2.75, 3.05) is 10.6 Å². The predicted molar refractivity (Wildman–Crippen MR) is 136 cm³/mol. The lowest BCUT2D eigenvalue weighted by atomic mass is 10.2. The molecule has 0 radical (unpaired) electrons. The van der Waals surface area contributed by atoms with E-state index in [4.69, 9.17) is 19.8 Å². The number of amides is 1. The standard InChI is InChI=1S/C21H18N6O.2C2HF3O2/c1-27-14-15(10-19(27)20(28)25-18-8-5-9-22-13-18)16-11-23-21(24-12-16)26-17-6-3-2-4-7-17;2*3-2(4,5)1(6)7/h2-14H,1H3,(H,25,28)(H,23,24,26);2*(H,6,7). The number of carbonyl (C=O) groups is 3. The molecule has 222 valence electrons. The molecule has 3 aromatic heterocycles. The number of nitrogens with zero attached hydrogens (tertiary/aromatic N) is 4. The molecule has 11 nitrogen and oxygen atoms in total. The van der Waals surface area contributed by atoms with Crippen molar-refractivity contribution >= 4 is 35.2 Å². The number of hydrogen-bond donors (Lipinski definition) is 4. The summed E-state index contributed by atoms with van der Waals surface area (Å²) in [6.07, 6.45) is -1.56. The average Bonchev–Trinajstić information content (AvgIpc) is 3.31. The fourth-order valence-corrected chi connectivity index (χ4v) is 2.77. The van der Waals surface area contributed by atoms with E-state index in [1.54, 1.807) is 41.5 Å². The summed E-state index contributed by atoms with van der Waals surface area (Å²) in [6, 6.07) is 15.1. The van der Waals surface area contributed by atoms with Crippen LogP contribution in [-0.4, -0.2) is 59.9 Å². The summed E-state index contributed by atoms with van der Waals surface area (Å²) in [5.41, 5.74) is 3.80. The Morgan fingerprint density at radius 3 is 1.79 bits per heavy atom. The molecule has 42 heavy (non-hydrogen) atoms. The second kappa shape index (κ2) is 14.2. The summed E-state index contributed by atoms with van der Waals surface area (Å²) < 4.78 is 65.2. The van der Waals surface area contributed by atoms with E-state index < -0.39 is 24.3 Å². The lowest BCUT2D eigenvalue weighted by Gasteiger charge is -2.05. The molecule has 4 aromatic rings. The fraction of sp³-hybridized carbons (Fsp3) is 0.120. The van der Waals surface area contributed by atoms with Crippen molar-refractivity contribution in [1.82, 2.24) is 19.5 Å². The van der Waals surface area contributed by atoms with E-state index >= 15 is 0 Å². The Kier molecular flexibility index (Phi) is 11.1. The van der Waals surface area contributed by atoms with Crippen molar-refractivity contribution in [3.63, 3.8) is 0 Å². The maximum absolute atomic E-state index is 12.5. The van der Waals surface area contributed by atoms with E-state index in [9.17, 15) is 31.1 Å². The average molecular weight is 598 g/mol. The number of hydrogen-bond acceptors (Lipinski definition) is 7. The first-order valence-electron chi connectivity index (χ1n) is 11.2. The van der Waals surface area contributed by atoms with Gasteiger partial charge in [0, 0.05) is 48.6 Å². The van der Waals surface area contributed by atoms with E-state index in [1.165, 1.54) is 0 Å². The van der Waals surface area contributed by atoms with E-state index in [-0.39, 0.29) is 5.91 Å². The van der Waals surface area contributed by atoms with Crippen LogP contribution in [0.15, 0.2) is 79.5 Å². The summed E-state index contributed by atoms with van der Waals surface area (Å²) in [6.45, 7) is 0. The van der Waals surface area contributed by atoms with E-state index in [2.05, 4.69) is 25.6 Å². The number of carboxylic acids is 2. The largest absolute Gasteiger partial charge is 0.490 e. The van der Waals surface area contributed by atoms with Gasteiger partial charge >= 0.3 is 24.3 Å². The lowest BCUT2D eigenvalue weighted by molar-refractivity contribution is -0.193. The molecule has 4 rings (SSSR count). The van der Waals surface area contributed by atoms with Crippen LogP contribution in [0.25, 0.3) is 11.1 Å². The Morgan fingerprint density at radius 1 is 0.786 bits per heavy atom. The number of pyridine rings is 1. The van der Waals surface area contributed by atoms with Crippen molar-refractivity contribution in [3.05, 3.63) is 85.2 Å². The van der Waals surface area contributed by atoms with Crippen LogP contribution >= 0.6 is 0 Å². The quantitative estimate of drug-likeness (QED) is 0.228. The zero-order valence-electron chi connectivity index (χ0n) is 21.2. The van der Waals surface area contributed by atoms with Gasteiger partial charge in [0.15, 0.2) is 0 Å². The zero-order chi connectivity index (χ0) is 31.5. The lowest BCUT2D eigenvalue weighted by Crippen LogP contribution is -2.21. The molecule has 17 heteroatoms. The highest BCUT2D eigenvalue weighted by Gasteiger charge is 2.38. The normalized spacial score (nSPS) is 10.7. The second-order valence-electron chi connectivity index (χ2n) is 7.81. The van der Waals surface area contributed by atoms with Gasteiger partial charge < -0.3 is 25.4 Å². The van der Waals surface area contributed by atoms with Crippen molar-refractivity contribution in [3.8, 4) is 11.1 Å². The second-order valence-corrected chi connectivity index (χ2v) is 7.81. The van der Waals surface area contributed by atoms with Crippen molar-refractivity contribution < 1.29 is 50.9 Å². The van der Waals surface area contributed by atoms with Crippen LogP contribution in [0, 0.1) is 0 Å². The van der Waals surface area contributed by atoms with Crippen LogP contribution in [0.3, 0.4) is 0 Å². The molecule has 0 saturated carbocycles. The van der Waals surface area contributed by atoms with Gasteiger partial charge in [-0.15, -0.1) is 0 Å². The topological polar surface area (TPSA) is 159 Å². The first kappa shape index (κ1) is 32.7. The summed E-state index contributed by atoms with van der Waals surface area (Å²) in [5, 5.41) is 20.2. The number of halogens is 6. The molecule has 0 fully saturated rings. The van der Waals surface area contributed by atoms with E-state index in [0.29, 0.717) is 17.3 Å². The van der Waals surface area contributed by atoms with Crippen LogP contribution in [0.4, 0.5) is 43.7 Å². The van der Waals surface area contributed by atoms with Crippen molar-refractivity contribution in [2.24, 2.45) is 7.05 Å². The minimum atomic E-state index is -5.08. The summed E-state index contributed by atoms with van der Waals surface area (Å²) in [7, 11) is 1.83. The molecule has 0 aliphatic rings. The Bertz CT molecular complexity index is 1450. The smallest absolute Gasteiger partial charge is 0.475 e. The number of aryl methyl sites for hydroxylation is 1. The third kappa shape index (κ3) is 10.6. The molecule has 0 unspecified atom stereocenters. The summed E-state index contributed by atoms with van der Waals surface area (Å²) in [4.78, 5) is 43.1. The van der Waals surface area contributed by atoms with Gasteiger partial charge in [0.2, 0.25) is 5.95 Å². The first-order chi connectivity index (χ1) is 19.6. The SMILES string of the molecule is Cn1cc(-c2cnc(Nc3ccccc3)nc2)cc1C(=O)Nc1cccnc1.O=C(O)C(F)(F)F.O=C(O)C(F)(F)F. The fourth-order valence-electron chi connectivity index (χ4n) is 2.77. The number of carboxylic acid groups (broad SMARTS) is 2. The van der Waals surface area contributed by atoms with E-state index in [1.807, 2.05) is 49.6 Å². The van der Waals surface area contributed by atoms with Crippen LogP contribution in [0.2, 0.25) is 0 Å². The van der Waals surface area contributed by atoms with Gasteiger partial charge in [-0.3, -0.25) is 9.78 Å². The molecule has 0 spiro atoms. The van der Waals surface area contributed by atoms with Crippen LogP contribution < -0.4 is 10.6 Å². The minimum absolute atomic E-state index is 0.204. The van der Waals surface area contributed by atoms with Gasteiger partial charge in [-0.25, -0.2) is 19.6 Å².